The first-order valence-corrected chi connectivity index (χ1v) is 5.25. The summed E-state index contributed by atoms with van der Waals surface area (Å²) in [7, 11) is 0. The number of aromatic nitrogens is 2. The Morgan fingerprint density at radius 2 is 2.14 bits per heavy atom. The topological polar surface area (TPSA) is 34.9 Å². The summed E-state index contributed by atoms with van der Waals surface area (Å²) in [5, 5.41) is 4.41. The summed E-state index contributed by atoms with van der Waals surface area (Å²) in [5.41, 5.74) is 1.64. The molecule has 0 radical (unpaired) electrons. The highest BCUT2D eigenvalue weighted by atomic mass is 16.1. The molecule has 0 unspecified atom stereocenters. The van der Waals surface area contributed by atoms with Crippen LogP contribution in [0.1, 0.15) is 54.7 Å². The standard InChI is InChI=1S/C11H16N2O/c1-8-11(9(2)14)7-13(12-8)10-5-3-4-6-10/h7,10H,3-6H2,1-2H3. The van der Waals surface area contributed by atoms with E-state index in [4.69, 9.17) is 0 Å². The number of Topliss-reactive ketones (excluding diaryl/α,β-unsaturated/α-hetero) is 1. The first-order chi connectivity index (χ1) is 6.68. The highest BCUT2D eigenvalue weighted by Crippen LogP contribution is 2.29. The summed E-state index contributed by atoms with van der Waals surface area (Å²) >= 11 is 0. The minimum atomic E-state index is 0.117. The molecule has 0 amide bonds. The van der Waals surface area contributed by atoms with Gasteiger partial charge in [0.15, 0.2) is 5.78 Å². The molecule has 2 rings (SSSR count). The van der Waals surface area contributed by atoms with Crippen molar-refractivity contribution in [1.82, 2.24) is 9.78 Å². The van der Waals surface area contributed by atoms with Crippen LogP contribution in [0.5, 0.6) is 0 Å². The molecule has 1 fully saturated rings. The lowest BCUT2D eigenvalue weighted by Crippen LogP contribution is -2.04. The summed E-state index contributed by atoms with van der Waals surface area (Å²) in [6.45, 7) is 3.51. The van der Waals surface area contributed by atoms with Gasteiger partial charge in [-0.3, -0.25) is 9.48 Å². The van der Waals surface area contributed by atoms with Crippen molar-refractivity contribution in [2.75, 3.05) is 0 Å². The number of aryl methyl sites for hydroxylation is 1. The Morgan fingerprint density at radius 1 is 1.50 bits per heavy atom. The van der Waals surface area contributed by atoms with Gasteiger partial charge in [-0.2, -0.15) is 5.10 Å². The van der Waals surface area contributed by atoms with Gasteiger partial charge in [-0.1, -0.05) is 12.8 Å². The second kappa shape index (κ2) is 3.56. The lowest BCUT2D eigenvalue weighted by Gasteiger charge is -2.08. The molecule has 1 heterocycles. The smallest absolute Gasteiger partial charge is 0.163 e. The lowest BCUT2D eigenvalue weighted by molar-refractivity contribution is 0.101. The van der Waals surface area contributed by atoms with Gasteiger partial charge in [0.05, 0.1) is 17.3 Å². The van der Waals surface area contributed by atoms with Gasteiger partial charge in [-0.25, -0.2) is 0 Å². The highest BCUT2D eigenvalue weighted by Gasteiger charge is 2.19. The van der Waals surface area contributed by atoms with Crippen LogP contribution in [-0.4, -0.2) is 15.6 Å². The Kier molecular flexibility index (Phi) is 2.40. The van der Waals surface area contributed by atoms with Crippen LogP contribution in [-0.2, 0) is 0 Å². The van der Waals surface area contributed by atoms with Gasteiger partial charge in [0.1, 0.15) is 0 Å². The van der Waals surface area contributed by atoms with Gasteiger partial charge >= 0.3 is 0 Å². The summed E-state index contributed by atoms with van der Waals surface area (Å²) in [4.78, 5) is 11.2. The molecule has 0 N–H and O–H groups in total. The largest absolute Gasteiger partial charge is 0.294 e. The predicted molar refractivity (Wildman–Crippen MR) is 54.5 cm³/mol. The van der Waals surface area contributed by atoms with Gasteiger partial charge in [0, 0.05) is 6.20 Å². The fraction of sp³-hybridized carbons (Fsp3) is 0.636. The van der Waals surface area contributed by atoms with Crippen molar-refractivity contribution < 1.29 is 4.79 Å². The van der Waals surface area contributed by atoms with Crippen LogP contribution in [0.2, 0.25) is 0 Å². The molecule has 1 aromatic heterocycles. The molecular formula is C11H16N2O. The van der Waals surface area contributed by atoms with Gasteiger partial charge in [-0.15, -0.1) is 0 Å². The van der Waals surface area contributed by atoms with E-state index < -0.39 is 0 Å². The molecule has 1 aromatic rings. The zero-order valence-corrected chi connectivity index (χ0v) is 8.79. The molecule has 1 aliphatic carbocycles. The van der Waals surface area contributed by atoms with E-state index in [-0.39, 0.29) is 5.78 Å². The molecule has 0 saturated heterocycles. The minimum Gasteiger partial charge on any atom is -0.294 e. The Morgan fingerprint density at radius 3 is 2.64 bits per heavy atom. The molecule has 3 nitrogen and oxygen atoms in total. The summed E-state index contributed by atoms with van der Waals surface area (Å²) in [5.74, 6) is 0.117. The van der Waals surface area contributed by atoms with Crippen LogP contribution in [0, 0.1) is 6.92 Å². The van der Waals surface area contributed by atoms with E-state index in [1.807, 2.05) is 17.8 Å². The SMILES string of the molecule is CC(=O)c1cn(C2CCCC2)nc1C. The molecule has 76 valence electrons. The molecule has 1 aliphatic rings. The third kappa shape index (κ3) is 1.59. The molecule has 14 heavy (non-hydrogen) atoms. The van der Waals surface area contributed by atoms with E-state index in [9.17, 15) is 4.79 Å². The monoisotopic (exact) mass is 192 g/mol. The van der Waals surface area contributed by atoms with Crippen molar-refractivity contribution in [3.63, 3.8) is 0 Å². The van der Waals surface area contributed by atoms with E-state index >= 15 is 0 Å². The quantitative estimate of drug-likeness (QED) is 0.675. The highest BCUT2D eigenvalue weighted by molar-refractivity contribution is 5.94. The summed E-state index contributed by atoms with van der Waals surface area (Å²) in [6, 6.07) is 0.529. The van der Waals surface area contributed by atoms with Crippen molar-refractivity contribution in [3.05, 3.63) is 17.5 Å². The maximum absolute atomic E-state index is 11.2. The number of hydrogen-bond donors (Lipinski definition) is 0. The van der Waals surface area contributed by atoms with Crippen LogP contribution in [0.3, 0.4) is 0 Å². The zero-order chi connectivity index (χ0) is 10.1. The van der Waals surface area contributed by atoms with Crippen molar-refractivity contribution in [3.8, 4) is 0 Å². The molecule has 1 saturated carbocycles. The summed E-state index contributed by atoms with van der Waals surface area (Å²) < 4.78 is 1.99. The van der Waals surface area contributed by atoms with Crippen LogP contribution in [0.15, 0.2) is 6.20 Å². The average Bonchev–Trinajstić information content (AvgIpc) is 2.70. The Hall–Kier alpha value is -1.12. The molecule has 0 aromatic carbocycles. The molecular weight excluding hydrogens is 176 g/mol. The van der Waals surface area contributed by atoms with Crippen LogP contribution in [0.25, 0.3) is 0 Å². The second-order valence-electron chi connectivity index (χ2n) is 4.10. The fourth-order valence-corrected chi connectivity index (χ4v) is 2.18. The number of rotatable bonds is 2. The number of hydrogen-bond acceptors (Lipinski definition) is 2. The number of nitrogens with zero attached hydrogens (tertiary/aromatic N) is 2. The maximum Gasteiger partial charge on any atom is 0.163 e. The predicted octanol–water partition coefficient (Wildman–Crippen LogP) is 2.51. The average molecular weight is 192 g/mol. The molecule has 0 spiro atoms. The number of carbonyl (C=O) groups excluding carboxylic acids is 1. The molecule has 3 heteroatoms. The normalized spacial score (nSPS) is 17.6. The van der Waals surface area contributed by atoms with Gasteiger partial charge in [-0.05, 0) is 26.7 Å². The lowest BCUT2D eigenvalue weighted by atomic mass is 10.2. The van der Waals surface area contributed by atoms with E-state index in [2.05, 4.69) is 5.10 Å². The van der Waals surface area contributed by atoms with E-state index in [0.29, 0.717) is 6.04 Å². The zero-order valence-electron chi connectivity index (χ0n) is 8.79. The number of carbonyl (C=O) groups is 1. The number of ketones is 1. The van der Waals surface area contributed by atoms with Crippen molar-refractivity contribution in [2.45, 2.75) is 45.6 Å². The van der Waals surface area contributed by atoms with Crippen LogP contribution < -0.4 is 0 Å². The first kappa shape index (κ1) is 9.44. The van der Waals surface area contributed by atoms with Crippen molar-refractivity contribution >= 4 is 5.78 Å². The Bertz CT molecular complexity index is 348. The Labute approximate surface area is 84.1 Å². The van der Waals surface area contributed by atoms with Gasteiger partial charge in [0.25, 0.3) is 0 Å². The van der Waals surface area contributed by atoms with E-state index in [1.54, 1.807) is 6.92 Å². The van der Waals surface area contributed by atoms with E-state index in [0.717, 1.165) is 11.3 Å². The van der Waals surface area contributed by atoms with Crippen LogP contribution in [0.4, 0.5) is 0 Å². The van der Waals surface area contributed by atoms with E-state index in [1.165, 1.54) is 25.7 Å². The van der Waals surface area contributed by atoms with Gasteiger partial charge in [0.2, 0.25) is 0 Å². The third-order valence-corrected chi connectivity index (χ3v) is 2.99. The minimum absolute atomic E-state index is 0.117. The summed E-state index contributed by atoms with van der Waals surface area (Å²) in [6.07, 6.45) is 6.91. The van der Waals surface area contributed by atoms with Crippen LogP contribution >= 0.6 is 0 Å². The van der Waals surface area contributed by atoms with Crippen molar-refractivity contribution in [1.29, 1.82) is 0 Å². The van der Waals surface area contributed by atoms with Gasteiger partial charge < -0.3 is 0 Å². The molecule has 0 aliphatic heterocycles. The molecule has 0 bridgehead atoms. The maximum atomic E-state index is 11.2. The fourth-order valence-electron chi connectivity index (χ4n) is 2.18. The third-order valence-electron chi connectivity index (χ3n) is 2.99. The Balaban J connectivity index is 2.27. The van der Waals surface area contributed by atoms with Crippen molar-refractivity contribution in [2.24, 2.45) is 0 Å². The first-order valence-electron chi connectivity index (χ1n) is 5.25. The molecule has 0 atom stereocenters. The second-order valence-corrected chi connectivity index (χ2v) is 4.10.